The van der Waals surface area contributed by atoms with E-state index in [-0.39, 0.29) is 5.56 Å². The zero-order chi connectivity index (χ0) is 10.6. The molecule has 0 heterocycles. The minimum atomic E-state index is -1.13. The minimum Gasteiger partial charge on any atom is -0.545 e. The van der Waals surface area contributed by atoms with Gasteiger partial charge >= 0.3 is 0 Å². The summed E-state index contributed by atoms with van der Waals surface area (Å²) >= 11 is 4.10. The van der Waals surface area contributed by atoms with Gasteiger partial charge in [0.1, 0.15) is 0 Å². The van der Waals surface area contributed by atoms with Gasteiger partial charge in [0.15, 0.2) is 0 Å². The summed E-state index contributed by atoms with van der Waals surface area (Å²) in [6.45, 7) is 2.04. The van der Waals surface area contributed by atoms with Gasteiger partial charge in [-0.3, -0.25) is 0 Å². The van der Waals surface area contributed by atoms with Crippen LogP contribution >= 0.6 is 22.5 Å². The third kappa shape index (κ3) is 3.27. The van der Waals surface area contributed by atoms with Gasteiger partial charge in [-0.25, -0.2) is 0 Å². The molecule has 1 unspecified atom stereocenters. The lowest BCUT2D eigenvalue weighted by Gasteiger charge is -2.09. The number of benzene rings is 1. The number of carboxylic acid groups (broad SMARTS) is 1. The number of hydrogen-bond acceptors (Lipinski definition) is 4. The molecule has 76 valence electrons. The van der Waals surface area contributed by atoms with Gasteiger partial charge in [-0.1, -0.05) is 35.9 Å². The van der Waals surface area contributed by atoms with Crippen molar-refractivity contribution >= 4 is 28.4 Å². The molecule has 1 aromatic rings. The maximum Gasteiger partial charge on any atom is 0.0715 e. The van der Waals surface area contributed by atoms with Crippen LogP contribution in [0.2, 0.25) is 0 Å². The van der Waals surface area contributed by atoms with Gasteiger partial charge < -0.3 is 9.90 Å². The smallest absolute Gasteiger partial charge is 0.0715 e. The summed E-state index contributed by atoms with van der Waals surface area (Å²) in [7, 11) is 1.47. The van der Waals surface area contributed by atoms with Crippen LogP contribution in [0.4, 0.5) is 0 Å². The lowest BCUT2D eigenvalue weighted by Crippen LogP contribution is -2.22. The number of carboxylic acids is 1. The Morgan fingerprint density at radius 3 is 2.93 bits per heavy atom. The molecule has 0 spiro atoms. The van der Waals surface area contributed by atoms with E-state index < -0.39 is 5.97 Å². The molecule has 1 rings (SSSR count). The summed E-state index contributed by atoms with van der Waals surface area (Å²) in [6, 6.07) is 6.83. The van der Waals surface area contributed by atoms with Gasteiger partial charge in [0.25, 0.3) is 0 Å². The van der Waals surface area contributed by atoms with Crippen LogP contribution < -0.4 is 5.11 Å². The van der Waals surface area contributed by atoms with Crippen molar-refractivity contribution in [1.82, 2.24) is 0 Å². The van der Waals surface area contributed by atoms with E-state index >= 15 is 0 Å². The maximum absolute atomic E-state index is 10.6. The summed E-state index contributed by atoms with van der Waals surface area (Å²) in [5, 5.41) is 10.9. The second kappa shape index (κ2) is 5.32. The molecule has 1 atom stereocenters. The average molecular weight is 227 g/mol. The third-order valence-electron chi connectivity index (χ3n) is 1.87. The lowest BCUT2D eigenvalue weighted by atomic mass is 10.1. The number of hydrogen-bond donors (Lipinski definition) is 1. The molecule has 0 bridgehead atoms. The van der Waals surface area contributed by atoms with Gasteiger partial charge in [0.2, 0.25) is 0 Å². The highest BCUT2D eigenvalue weighted by Crippen LogP contribution is 2.19. The van der Waals surface area contributed by atoms with Gasteiger partial charge in [-0.15, -0.1) is 11.7 Å². The molecule has 0 fully saturated rings. The topological polar surface area (TPSA) is 40.1 Å². The molecule has 1 aromatic carbocycles. The molecular weight excluding hydrogens is 216 g/mol. The van der Waals surface area contributed by atoms with E-state index in [1.807, 2.05) is 13.0 Å². The summed E-state index contributed by atoms with van der Waals surface area (Å²) in [5.74, 6) is -1.13. The zero-order valence-corrected chi connectivity index (χ0v) is 9.48. The first-order valence-corrected chi connectivity index (χ1v) is 6.17. The van der Waals surface area contributed by atoms with E-state index in [4.69, 9.17) is 0 Å². The first-order chi connectivity index (χ1) is 6.63. The Kier molecular flexibility index (Phi) is 4.35. The fourth-order valence-electron chi connectivity index (χ4n) is 1.19. The minimum absolute atomic E-state index is 0.235. The Morgan fingerprint density at radius 2 is 2.36 bits per heavy atom. The highest BCUT2D eigenvalue weighted by Gasteiger charge is 2.03. The van der Waals surface area contributed by atoms with Crippen LogP contribution in [0, 0.1) is 0 Å². The van der Waals surface area contributed by atoms with E-state index in [1.165, 1.54) is 16.9 Å². The summed E-state index contributed by atoms with van der Waals surface area (Å²) < 4.78 is 0. The number of carbonyl (C=O) groups excluding carboxylic acids is 1. The fraction of sp³-hybridized carbons (Fsp3) is 0.300. The predicted octanol–water partition coefficient (Wildman–Crippen LogP) is 1.56. The fourth-order valence-corrected chi connectivity index (χ4v) is 1.69. The van der Waals surface area contributed by atoms with Gasteiger partial charge in [0.05, 0.1) is 5.97 Å². The van der Waals surface area contributed by atoms with Crippen molar-refractivity contribution in [3.63, 3.8) is 0 Å². The summed E-state index contributed by atoms with van der Waals surface area (Å²) in [4.78, 5) is 10.6. The zero-order valence-electron chi connectivity index (χ0n) is 7.77. The van der Waals surface area contributed by atoms with Gasteiger partial charge in [0, 0.05) is 5.25 Å². The van der Waals surface area contributed by atoms with Crippen molar-refractivity contribution in [2.24, 2.45) is 0 Å². The molecule has 0 saturated carbocycles. The van der Waals surface area contributed by atoms with Crippen molar-refractivity contribution in [1.29, 1.82) is 0 Å². The highest BCUT2D eigenvalue weighted by molar-refractivity contribution is 8.68. The second-order valence-corrected chi connectivity index (χ2v) is 4.76. The molecule has 0 aliphatic heterocycles. The number of aromatic carboxylic acids is 1. The Bertz CT molecular complexity index is 326. The first kappa shape index (κ1) is 11.5. The van der Waals surface area contributed by atoms with E-state index in [9.17, 15) is 9.90 Å². The third-order valence-corrected chi connectivity index (χ3v) is 3.47. The molecule has 4 heteroatoms. The Hall–Kier alpha value is -0.610. The van der Waals surface area contributed by atoms with Crippen LogP contribution in [0.15, 0.2) is 24.3 Å². The van der Waals surface area contributed by atoms with E-state index in [2.05, 4.69) is 11.7 Å². The van der Waals surface area contributed by atoms with E-state index in [0.29, 0.717) is 5.25 Å². The Balaban J connectivity index is 2.78. The van der Waals surface area contributed by atoms with E-state index in [1.54, 1.807) is 12.1 Å². The van der Waals surface area contributed by atoms with Crippen LogP contribution in [-0.2, 0) is 6.42 Å². The molecule has 2 nitrogen and oxygen atoms in total. The van der Waals surface area contributed by atoms with Gasteiger partial charge in [-0.05, 0) is 23.6 Å². The number of rotatable bonds is 4. The average Bonchev–Trinajstić information content (AvgIpc) is 2.18. The molecule has 0 aromatic heterocycles. The lowest BCUT2D eigenvalue weighted by molar-refractivity contribution is -0.255. The van der Waals surface area contributed by atoms with Gasteiger partial charge in [-0.2, -0.15) is 0 Å². The van der Waals surface area contributed by atoms with Crippen molar-refractivity contribution in [2.75, 3.05) is 0 Å². The van der Waals surface area contributed by atoms with E-state index in [0.717, 1.165) is 12.0 Å². The van der Waals surface area contributed by atoms with Crippen LogP contribution in [0.5, 0.6) is 0 Å². The predicted molar refractivity (Wildman–Crippen MR) is 60.5 cm³/mol. The van der Waals surface area contributed by atoms with Crippen molar-refractivity contribution in [2.45, 2.75) is 18.6 Å². The molecule has 0 radical (unpaired) electrons. The van der Waals surface area contributed by atoms with Crippen molar-refractivity contribution in [3.8, 4) is 0 Å². The normalized spacial score (nSPS) is 12.4. The Morgan fingerprint density at radius 1 is 1.64 bits per heavy atom. The van der Waals surface area contributed by atoms with Crippen molar-refractivity contribution in [3.05, 3.63) is 35.4 Å². The summed E-state index contributed by atoms with van der Waals surface area (Å²) in [5.41, 5.74) is 1.24. The van der Waals surface area contributed by atoms with Crippen LogP contribution in [-0.4, -0.2) is 11.2 Å². The maximum atomic E-state index is 10.6. The number of carbonyl (C=O) groups is 1. The standard InChI is InChI=1S/C10H12O2S2/c1-7(14-13)5-8-3-2-4-9(6-8)10(11)12/h2-4,6-7,13H,5H2,1H3,(H,11,12)/p-1. The largest absolute Gasteiger partial charge is 0.545 e. The molecule has 0 amide bonds. The Labute approximate surface area is 92.5 Å². The highest BCUT2D eigenvalue weighted by atomic mass is 33.1. The van der Waals surface area contributed by atoms with Crippen LogP contribution in [0.1, 0.15) is 22.8 Å². The van der Waals surface area contributed by atoms with Crippen molar-refractivity contribution < 1.29 is 9.90 Å². The quantitative estimate of drug-likeness (QED) is 0.627. The molecule has 0 saturated heterocycles. The van der Waals surface area contributed by atoms with Crippen LogP contribution in [0.25, 0.3) is 0 Å². The monoisotopic (exact) mass is 227 g/mol. The first-order valence-electron chi connectivity index (χ1n) is 4.24. The second-order valence-electron chi connectivity index (χ2n) is 3.11. The molecule has 0 N–H and O–H groups in total. The molecule has 0 aliphatic carbocycles. The SMILES string of the molecule is CC(Cc1cccc(C(=O)[O-])c1)SS. The summed E-state index contributed by atoms with van der Waals surface area (Å²) in [6.07, 6.45) is 0.815. The molecule has 14 heavy (non-hydrogen) atoms. The van der Waals surface area contributed by atoms with Crippen LogP contribution in [0.3, 0.4) is 0 Å². The molecular formula is C10H11O2S2-. The molecule has 0 aliphatic rings. The number of thiol groups is 1.